The number of nitrogens with zero attached hydrogens (tertiary/aromatic N) is 2. The molecule has 2 heterocycles. The molecule has 38 heavy (non-hydrogen) atoms. The van der Waals surface area contributed by atoms with Crippen LogP contribution in [0.25, 0.3) is 16.6 Å². The van der Waals surface area contributed by atoms with Gasteiger partial charge in [-0.3, -0.25) is 9.59 Å². The number of nitrogens with one attached hydrogen (secondary N) is 1. The number of hydrogen-bond donors (Lipinski definition) is 1. The molecule has 1 aromatic heterocycles. The van der Waals surface area contributed by atoms with Gasteiger partial charge in [-0.2, -0.15) is 0 Å². The number of carbonyl (C=O) groups excluding carboxylic acids is 2. The first-order valence-electron chi connectivity index (χ1n) is 13.0. The molecule has 0 atom stereocenters. The Morgan fingerprint density at radius 1 is 0.816 bits per heavy atom. The minimum absolute atomic E-state index is 0.158. The Bertz CT molecular complexity index is 1600. The average molecular weight is 528 g/mol. The van der Waals surface area contributed by atoms with Crippen molar-refractivity contribution in [2.24, 2.45) is 5.92 Å². The largest absolute Gasteiger partial charge is 0.369 e. The van der Waals surface area contributed by atoms with Crippen molar-refractivity contribution in [3.05, 3.63) is 90.1 Å². The van der Waals surface area contributed by atoms with Gasteiger partial charge in [0.05, 0.1) is 17.0 Å². The van der Waals surface area contributed by atoms with Crippen LogP contribution in [0.1, 0.15) is 40.0 Å². The predicted octanol–water partition coefficient (Wildman–Crippen LogP) is 5.10. The monoisotopic (exact) mass is 527 g/mol. The molecule has 4 aromatic rings. The molecule has 7 nitrogen and oxygen atoms in total. The van der Waals surface area contributed by atoms with Gasteiger partial charge in [-0.1, -0.05) is 0 Å². The summed E-state index contributed by atoms with van der Waals surface area (Å²) in [5.41, 5.74) is 4.90. The maximum atomic E-state index is 12.9. The second-order valence-corrected chi connectivity index (χ2v) is 12.5. The lowest BCUT2D eigenvalue weighted by molar-refractivity contribution is 0.0974. The summed E-state index contributed by atoms with van der Waals surface area (Å²) < 4.78 is 25.4. The van der Waals surface area contributed by atoms with Crippen LogP contribution in [0.15, 0.2) is 79.0 Å². The van der Waals surface area contributed by atoms with Gasteiger partial charge in [-0.15, -0.1) is 0 Å². The fourth-order valence-electron chi connectivity index (χ4n) is 4.95. The lowest BCUT2D eigenvalue weighted by Crippen LogP contribution is -2.40. The molecule has 1 saturated heterocycles. The van der Waals surface area contributed by atoms with E-state index in [9.17, 15) is 18.0 Å². The predicted molar refractivity (Wildman–Crippen MR) is 150 cm³/mol. The molecule has 1 aliphatic heterocycles. The van der Waals surface area contributed by atoms with Gasteiger partial charge in [0, 0.05) is 59.3 Å². The first kappa shape index (κ1) is 24.4. The standard InChI is InChI=1S/C30H29N3O4S/c34-29(19-21-1-2-21)22-3-10-27(11-4-22)33-14-13-24-20-25(7-12-28(24)33)31-30(35)23-5-8-26(9-6-23)32-15-17-38(36,37)18-16-32/h3-14,20-21H,1-2,15-19H2,(H,31,35). The maximum absolute atomic E-state index is 12.9. The normalized spacial score (nSPS) is 16.9. The quantitative estimate of drug-likeness (QED) is 0.338. The summed E-state index contributed by atoms with van der Waals surface area (Å²) in [5.74, 6) is 0.902. The van der Waals surface area contributed by atoms with Crippen molar-refractivity contribution >= 4 is 43.8 Å². The van der Waals surface area contributed by atoms with Gasteiger partial charge in [0.2, 0.25) is 0 Å². The van der Waals surface area contributed by atoms with Gasteiger partial charge >= 0.3 is 0 Å². The number of Topliss-reactive ketones (excluding diaryl/α,β-unsaturated/α-hetero) is 1. The molecule has 2 fully saturated rings. The fourth-order valence-corrected chi connectivity index (χ4v) is 6.15. The first-order valence-corrected chi connectivity index (χ1v) is 14.8. The third kappa shape index (κ3) is 5.22. The van der Waals surface area contributed by atoms with Gasteiger partial charge in [-0.25, -0.2) is 8.42 Å². The molecule has 0 bridgehead atoms. The van der Waals surface area contributed by atoms with Gasteiger partial charge in [0.15, 0.2) is 15.6 Å². The van der Waals surface area contributed by atoms with Crippen LogP contribution in [0, 0.1) is 5.92 Å². The van der Waals surface area contributed by atoms with Crippen LogP contribution in [0.3, 0.4) is 0 Å². The highest BCUT2D eigenvalue weighted by Crippen LogP contribution is 2.33. The number of benzene rings is 3. The summed E-state index contributed by atoms with van der Waals surface area (Å²) in [6.07, 6.45) is 4.97. The number of amides is 1. The molecule has 1 aliphatic carbocycles. The van der Waals surface area contributed by atoms with E-state index in [-0.39, 0.29) is 23.2 Å². The van der Waals surface area contributed by atoms with Gasteiger partial charge < -0.3 is 14.8 Å². The minimum Gasteiger partial charge on any atom is -0.369 e. The Morgan fingerprint density at radius 3 is 2.16 bits per heavy atom. The van der Waals surface area contributed by atoms with Crippen LogP contribution < -0.4 is 10.2 Å². The number of rotatable bonds is 7. The summed E-state index contributed by atoms with van der Waals surface area (Å²) in [4.78, 5) is 27.3. The molecule has 3 aromatic carbocycles. The summed E-state index contributed by atoms with van der Waals surface area (Å²) >= 11 is 0. The molecule has 6 rings (SSSR count). The molecular formula is C30H29N3O4S. The van der Waals surface area contributed by atoms with E-state index in [1.807, 2.05) is 71.8 Å². The van der Waals surface area contributed by atoms with E-state index < -0.39 is 9.84 Å². The summed E-state index contributed by atoms with van der Waals surface area (Å²) in [6, 6.07) is 22.8. The zero-order valence-electron chi connectivity index (χ0n) is 21.0. The van der Waals surface area contributed by atoms with E-state index in [0.717, 1.165) is 27.8 Å². The number of anilines is 2. The van der Waals surface area contributed by atoms with E-state index >= 15 is 0 Å². The van der Waals surface area contributed by atoms with Crippen molar-refractivity contribution in [2.45, 2.75) is 19.3 Å². The highest BCUT2D eigenvalue weighted by atomic mass is 32.2. The number of carbonyl (C=O) groups is 2. The molecule has 1 amide bonds. The van der Waals surface area contributed by atoms with Gasteiger partial charge in [-0.05, 0) is 91.6 Å². The summed E-state index contributed by atoms with van der Waals surface area (Å²) in [5, 5.41) is 3.96. The number of fused-ring (bicyclic) bond motifs is 1. The van der Waals surface area contributed by atoms with Crippen molar-refractivity contribution in [1.29, 1.82) is 0 Å². The van der Waals surface area contributed by atoms with E-state index in [1.165, 1.54) is 12.8 Å². The molecule has 0 unspecified atom stereocenters. The molecular weight excluding hydrogens is 498 g/mol. The molecule has 2 aliphatic rings. The van der Waals surface area contributed by atoms with E-state index in [0.29, 0.717) is 36.7 Å². The Balaban J connectivity index is 1.12. The third-order valence-corrected chi connectivity index (χ3v) is 9.03. The number of aromatic nitrogens is 1. The Hall–Kier alpha value is -3.91. The number of ketones is 1. The van der Waals surface area contributed by atoms with Crippen LogP contribution in [-0.2, 0) is 9.84 Å². The van der Waals surface area contributed by atoms with Crippen molar-refractivity contribution in [2.75, 3.05) is 34.8 Å². The van der Waals surface area contributed by atoms with Crippen LogP contribution in [0.5, 0.6) is 0 Å². The van der Waals surface area contributed by atoms with Crippen LogP contribution in [0.4, 0.5) is 11.4 Å². The molecule has 1 N–H and O–H groups in total. The molecule has 194 valence electrons. The zero-order valence-corrected chi connectivity index (χ0v) is 21.8. The highest BCUT2D eigenvalue weighted by molar-refractivity contribution is 7.91. The van der Waals surface area contributed by atoms with Crippen LogP contribution in [-0.4, -0.2) is 49.3 Å². The number of sulfone groups is 1. The first-order chi connectivity index (χ1) is 18.3. The zero-order chi connectivity index (χ0) is 26.3. The van der Waals surface area contributed by atoms with Crippen LogP contribution >= 0.6 is 0 Å². The Labute approximate surface area is 222 Å². The Kier molecular flexibility index (Phi) is 6.27. The van der Waals surface area contributed by atoms with Crippen LogP contribution in [0.2, 0.25) is 0 Å². The van der Waals surface area contributed by atoms with E-state index in [2.05, 4.69) is 9.88 Å². The van der Waals surface area contributed by atoms with Crippen molar-refractivity contribution in [1.82, 2.24) is 4.57 Å². The number of hydrogen-bond acceptors (Lipinski definition) is 5. The lowest BCUT2D eigenvalue weighted by Gasteiger charge is -2.28. The second-order valence-electron chi connectivity index (χ2n) is 10.2. The summed E-state index contributed by atoms with van der Waals surface area (Å²) in [6.45, 7) is 0.937. The maximum Gasteiger partial charge on any atom is 0.255 e. The average Bonchev–Trinajstić information content (AvgIpc) is 3.64. The third-order valence-electron chi connectivity index (χ3n) is 7.43. The molecule has 8 heteroatoms. The summed E-state index contributed by atoms with van der Waals surface area (Å²) in [7, 11) is -2.94. The van der Waals surface area contributed by atoms with E-state index in [1.54, 1.807) is 12.1 Å². The second kappa shape index (κ2) is 9.76. The van der Waals surface area contributed by atoms with E-state index in [4.69, 9.17) is 0 Å². The highest BCUT2D eigenvalue weighted by Gasteiger charge is 2.25. The Morgan fingerprint density at radius 2 is 1.47 bits per heavy atom. The smallest absolute Gasteiger partial charge is 0.255 e. The minimum atomic E-state index is -2.94. The molecule has 0 radical (unpaired) electrons. The van der Waals surface area contributed by atoms with Crippen molar-refractivity contribution in [3.63, 3.8) is 0 Å². The van der Waals surface area contributed by atoms with Gasteiger partial charge in [0.25, 0.3) is 5.91 Å². The fraction of sp³-hybridized carbons (Fsp3) is 0.267. The lowest BCUT2D eigenvalue weighted by atomic mass is 10.1. The SMILES string of the molecule is O=C(CC1CC1)c1ccc(-n2ccc3cc(NC(=O)c4ccc(N5CCS(=O)(=O)CC5)cc4)ccc32)cc1. The molecule has 1 saturated carbocycles. The van der Waals surface area contributed by atoms with Crippen molar-refractivity contribution < 1.29 is 18.0 Å². The van der Waals surface area contributed by atoms with Crippen molar-refractivity contribution in [3.8, 4) is 5.69 Å². The topological polar surface area (TPSA) is 88.5 Å². The molecule has 0 spiro atoms. The van der Waals surface area contributed by atoms with Gasteiger partial charge in [0.1, 0.15) is 0 Å².